The van der Waals surface area contributed by atoms with Crippen molar-refractivity contribution in [1.82, 2.24) is 5.32 Å². The molecular weight excluding hydrogens is 230 g/mol. The minimum Gasteiger partial charge on any atom is -0.440 e. The Hall–Kier alpha value is -1.00. The molecule has 0 bridgehead atoms. The number of methoxy groups -OCH3 is 1. The van der Waals surface area contributed by atoms with E-state index >= 15 is 0 Å². The van der Waals surface area contributed by atoms with Crippen LogP contribution in [0.4, 0.5) is 0 Å². The molecule has 2 unspecified atom stereocenters. The van der Waals surface area contributed by atoms with Crippen LogP contribution in [0.3, 0.4) is 0 Å². The van der Waals surface area contributed by atoms with Gasteiger partial charge in [0.15, 0.2) is 11.0 Å². The monoisotopic (exact) mass is 243 g/mol. The Morgan fingerprint density at radius 3 is 3.00 bits per heavy atom. The molecular formula is C11H14ClNO3. The van der Waals surface area contributed by atoms with Crippen molar-refractivity contribution in [3.05, 3.63) is 23.1 Å². The molecule has 0 aliphatic heterocycles. The zero-order chi connectivity index (χ0) is 11.5. The summed E-state index contributed by atoms with van der Waals surface area (Å²) in [5.74, 6) is 0.00704. The van der Waals surface area contributed by atoms with E-state index in [4.69, 9.17) is 20.8 Å². The normalized spacial score (nSPS) is 24.6. The Balaban J connectivity index is 1.97. The number of furan rings is 1. The molecule has 0 radical (unpaired) electrons. The molecule has 2 rings (SSSR count). The molecule has 1 aromatic heterocycles. The van der Waals surface area contributed by atoms with Gasteiger partial charge in [0, 0.05) is 7.11 Å². The quantitative estimate of drug-likeness (QED) is 0.886. The Labute approximate surface area is 98.9 Å². The highest BCUT2D eigenvalue weighted by molar-refractivity contribution is 6.29. The van der Waals surface area contributed by atoms with E-state index in [1.54, 1.807) is 19.2 Å². The van der Waals surface area contributed by atoms with Gasteiger partial charge in [0.25, 0.3) is 5.91 Å². The fourth-order valence-electron chi connectivity index (χ4n) is 2.05. The molecule has 1 aliphatic carbocycles. The molecule has 1 aliphatic rings. The maximum atomic E-state index is 11.8. The smallest absolute Gasteiger partial charge is 0.287 e. The van der Waals surface area contributed by atoms with E-state index in [0.29, 0.717) is 0 Å². The second kappa shape index (κ2) is 4.89. The Bertz CT molecular complexity index is 377. The second-order valence-corrected chi connectivity index (χ2v) is 4.26. The van der Waals surface area contributed by atoms with Gasteiger partial charge >= 0.3 is 0 Å². The summed E-state index contributed by atoms with van der Waals surface area (Å²) in [6.45, 7) is 0. The van der Waals surface area contributed by atoms with Gasteiger partial charge in [-0.15, -0.1) is 0 Å². The lowest BCUT2D eigenvalue weighted by atomic mass is 10.2. The summed E-state index contributed by atoms with van der Waals surface area (Å²) in [6, 6.07) is 3.19. The lowest BCUT2D eigenvalue weighted by molar-refractivity contribution is 0.0706. The summed E-state index contributed by atoms with van der Waals surface area (Å²) in [4.78, 5) is 11.8. The molecule has 0 saturated heterocycles. The molecule has 0 aromatic carbocycles. The molecule has 88 valence electrons. The Morgan fingerprint density at radius 2 is 2.38 bits per heavy atom. The number of hydrogen-bond donors (Lipinski definition) is 1. The summed E-state index contributed by atoms with van der Waals surface area (Å²) in [5, 5.41) is 3.12. The molecule has 1 N–H and O–H groups in total. The van der Waals surface area contributed by atoms with E-state index in [0.717, 1.165) is 19.3 Å². The summed E-state index contributed by atoms with van der Waals surface area (Å²) < 4.78 is 10.3. The van der Waals surface area contributed by atoms with Crippen LogP contribution in [0.1, 0.15) is 29.8 Å². The van der Waals surface area contributed by atoms with Crippen molar-refractivity contribution in [2.75, 3.05) is 7.11 Å². The molecule has 4 nitrogen and oxygen atoms in total. The Kier molecular flexibility index (Phi) is 3.51. The van der Waals surface area contributed by atoms with E-state index in [1.807, 2.05) is 0 Å². The van der Waals surface area contributed by atoms with Crippen molar-refractivity contribution in [3.8, 4) is 0 Å². The lowest BCUT2D eigenvalue weighted by Gasteiger charge is -2.18. The van der Waals surface area contributed by atoms with Gasteiger partial charge in [-0.05, 0) is 43.0 Å². The fourth-order valence-corrected chi connectivity index (χ4v) is 2.20. The molecule has 1 saturated carbocycles. The number of rotatable bonds is 3. The summed E-state index contributed by atoms with van der Waals surface area (Å²) in [7, 11) is 1.67. The highest BCUT2D eigenvalue weighted by atomic mass is 35.5. The van der Waals surface area contributed by atoms with Crippen LogP contribution in [-0.2, 0) is 4.74 Å². The summed E-state index contributed by atoms with van der Waals surface area (Å²) >= 11 is 5.61. The third-order valence-electron chi connectivity index (χ3n) is 2.87. The first-order chi connectivity index (χ1) is 7.70. The standard InChI is InChI=1S/C11H14ClNO3/c1-15-8-4-2-3-7(8)13-11(14)9-5-6-10(12)16-9/h5-8H,2-4H2,1H3,(H,13,14). The third-order valence-corrected chi connectivity index (χ3v) is 3.07. The molecule has 1 heterocycles. The number of nitrogens with one attached hydrogen (secondary N) is 1. The van der Waals surface area contributed by atoms with Crippen molar-refractivity contribution in [2.24, 2.45) is 0 Å². The van der Waals surface area contributed by atoms with E-state index in [2.05, 4.69) is 5.32 Å². The van der Waals surface area contributed by atoms with Crippen molar-refractivity contribution in [1.29, 1.82) is 0 Å². The first-order valence-electron chi connectivity index (χ1n) is 5.29. The van der Waals surface area contributed by atoms with Crippen molar-refractivity contribution in [2.45, 2.75) is 31.4 Å². The lowest BCUT2D eigenvalue weighted by Crippen LogP contribution is -2.40. The molecule has 5 heteroatoms. The van der Waals surface area contributed by atoms with Gasteiger partial charge in [-0.1, -0.05) is 0 Å². The largest absolute Gasteiger partial charge is 0.440 e. The minimum atomic E-state index is -0.235. The molecule has 1 aromatic rings. The average Bonchev–Trinajstić information content (AvgIpc) is 2.86. The average molecular weight is 244 g/mol. The van der Waals surface area contributed by atoms with E-state index in [1.165, 1.54) is 0 Å². The number of carbonyl (C=O) groups excluding carboxylic acids is 1. The van der Waals surface area contributed by atoms with Crippen LogP contribution in [0.5, 0.6) is 0 Å². The SMILES string of the molecule is COC1CCCC1NC(=O)c1ccc(Cl)o1. The van der Waals surface area contributed by atoms with Crippen LogP contribution in [0.25, 0.3) is 0 Å². The predicted octanol–water partition coefficient (Wildman–Crippen LogP) is 2.23. The fraction of sp³-hybridized carbons (Fsp3) is 0.545. The van der Waals surface area contributed by atoms with Gasteiger partial charge in [0.05, 0.1) is 12.1 Å². The molecule has 16 heavy (non-hydrogen) atoms. The maximum Gasteiger partial charge on any atom is 0.287 e. The van der Waals surface area contributed by atoms with Crippen LogP contribution >= 0.6 is 11.6 Å². The van der Waals surface area contributed by atoms with E-state index in [-0.39, 0.29) is 29.0 Å². The number of carbonyl (C=O) groups is 1. The number of ether oxygens (including phenoxy) is 1. The van der Waals surface area contributed by atoms with Crippen LogP contribution in [0, 0.1) is 0 Å². The van der Waals surface area contributed by atoms with Crippen molar-refractivity contribution >= 4 is 17.5 Å². The highest BCUT2D eigenvalue weighted by Crippen LogP contribution is 2.22. The molecule has 1 fully saturated rings. The first-order valence-corrected chi connectivity index (χ1v) is 5.67. The van der Waals surface area contributed by atoms with Gasteiger partial charge in [0.1, 0.15) is 0 Å². The topological polar surface area (TPSA) is 51.5 Å². The number of amides is 1. The van der Waals surface area contributed by atoms with Crippen LogP contribution in [0.2, 0.25) is 5.22 Å². The summed E-state index contributed by atoms with van der Waals surface area (Å²) in [6.07, 6.45) is 3.11. The second-order valence-electron chi connectivity index (χ2n) is 3.89. The van der Waals surface area contributed by atoms with Crippen molar-refractivity contribution < 1.29 is 13.9 Å². The van der Waals surface area contributed by atoms with Gasteiger partial charge < -0.3 is 14.5 Å². The third kappa shape index (κ3) is 2.39. The van der Waals surface area contributed by atoms with Crippen LogP contribution in [-0.4, -0.2) is 25.2 Å². The van der Waals surface area contributed by atoms with Crippen molar-refractivity contribution in [3.63, 3.8) is 0 Å². The molecule has 1 amide bonds. The first kappa shape index (κ1) is 11.5. The predicted molar refractivity (Wildman–Crippen MR) is 59.6 cm³/mol. The van der Waals surface area contributed by atoms with E-state index < -0.39 is 0 Å². The van der Waals surface area contributed by atoms with Gasteiger partial charge in [-0.2, -0.15) is 0 Å². The van der Waals surface area contributed by atoms with Gasteiger partial charge in [-0.25, -0.2) is 0 Å². The zero-order valence-electron chi connectivity index (χ0n) is 9.03. The maximum absolute atomic E-state index is 11.8. The molecule has 0 spiro atoms. The highest BCUT2D eigenvalue weighted by Gasteiger charge is 2.29. The van der Waals surface area contributed by atoms with Gasteiger partial charge in [-0.3, -0.25) is 4.79 Å². The minimum absolute atomic E-state index is 0.0707. The number of halogens is 1. The summed E-state index contributed by atoms with van der Waals surface area (Å²) in [5.41, 5.74) is 0. The van der Waals surface area contributed by atoms with E-state index in [9.17, 15) is 4.79 Å². The molecule has 2 atom stereocenters. The van der Waals surface area contributed by atoms with Crippen LogP contribution in [0.15, 0.2) is 16.5 Å². The Morgan fingerprint density at radius 1 is 1.56 bits per heavy atom. The van der Waals surface area contributed by atoms with Crippen LogP contribution < -0.4 is 5.32 Å². The zero-order valence-corrected chi connectivity index (χ0v) is 9.79. The van der Waals surface area contributed by atoms with Gasteiger partial charge in [0.2, 0.25) is 0 Å². The number of hydrogen-bond acceptors (Lipinski definition) is 3.